The molecular weight excluding hydrogens is 214 g/mol. The summed E-state index contributed by atoms with van der Waals surface area (Å²) >= 11 is 0. The molecule has 0 aromatic carbocycles. The molecule has 0 amide bonds. The second kappa shape index (κ2) is 8.89. The molecule has 14 heavy (non-hydrogen) atoms. The Labute approximate surface area is 95.5 Å². The molecule has 1 heterocycles. The number of hydrogen-bond donors (Lipinski definition) is 0. The lowest BCUT2D eigenvalue weighted by Crippen LogP contribution is -2.31. The number of piperidine rings is 1. The number of hydrogen-bond acceptors (Lipinski definition) is 4. The van der Waals surface area contributed by atoms with E-state index in [0.29, 0.717) is 0 Å². The molecule has 1 saturated heterocycles. The smallest absolute Gasteiger partial charge is 0.102 e. The predicted octanol–water partition coefficient (Wildman–Crippen LogP) is 2.85. The van der Waals surface area contributed by atoms with Crippen molar-refractivity contribution in [2.75, 3.05) is 38.4 Å². The van der Waals surface area contributed by atoms with Crippen molar-refractivity contribution in [3.8, 4) is 0 Å². The quantitative estimate of drug-likeness (QED) is 0.382. The van der Waals surface area contributed by atoms with Crippen LogP contribution >= 0.6 is 21.6 Å². The highest BCUT2D eigenvalue weighted by molar-refractivity contribution is 8.76. The van der Waals surface area contributed by atoms with Crippen LogP contribution < -0.4 is 0 Å². The van der Waals surface area contributed by atoms with Crippen LogP contribution in [-0.2, 0) is 4.74 Å². The molecule has 0 bridgehead atoms. The highest BCUT2D eigenvalue weighted by atomic mass is 33.1. The highest BCUT2D eigenvalue weighted by Gasteiger charge is 2.08. The molecule has 2 nitrogen and oxygen atoms in total. The Kier molecular flexibility index (Phi) is 8.06. The summed E-state index contributed by atoms with van der Waals surface area (Å²) in [5, 5.41) is 0. The zero-order valence-corrected chi connectivity index (χ0v) is 10.7. The van der Waals surface area contributed by atoms with Crippen LogP contribution in [0.1, 0.15) is 25.7 Å². The standard InChI is InChI=1S/C10H21NOS2/c1-13-14-10-12-9-5-8-11-6-3-2-4-7-11/h2-10H2,1H3. The molecule has 0 aliphatic carbocycles. The van der Waals surface area contributed by atoms with Crippen molar-refractivity contribution < 1.29 is 4.74 Å². The van der Waals surface area contributed by atoms with E-state index in [2.05, 4.69) is 11.2 Å². The summed E-state index contributed by atoms with van der Waals surface area (Å²) in [6, 6.07) is 0. The lowest BCUT2D eigenvalue weighted by molar-refractivity contribution is 0.153. The Hall–Kier alpha value is 0.620. The van der Waals surface area contributed by atoms with Crippen LogP contribution in [0.15, 0.2) is 0 Å². The predicted molar refractivity (Wildman–Crippen MR) is 66.8 cm³/mol. The van der Waals surface area contributed by atoms with Gasteiger partial charge in [0.2, 0.25) is 0 Å². The monoisotopic (exact) mass is 235 g/mol. The van der Waals surface area contributed by atoms with Crippen LogP contribution in [0, 0.1) is 0 Å². The summed E-state index contributed by atoms with van der Waals surface area (Å²) in [6.07, 6.45) is 7.49. The van der Waals surface area contributed by atoms with Crippen LogP contribution in [-0.4, -0.2) is 43.3 Å². The molecule has 0 unspecified atom stereocenters. The average Bonchev–Trinajstić information content (AvgIpc) is 2.25. The fraction of sp³-hybridized carbons (Fsp3) is 1.00. The van der Waals surface area contributed by atoms with Gasteiger partial charge in [-0.1, -0.05) is 28.0 Å². The van der Waals surface area contributed by atoms with Crippen LogP contribution in [0.25, 0.3) is 0 Å². The second-order valence-electron chi connectivity index (χ2n) is 3.57. The Morgan fingerprint density at radius 3 is 2.71 bits per heavy atom. The van der Waals surface area contributed by atoms with E-state index in [1.54, 1.807) is 21.6 Å². The van der Waals surface area contributed by atoms with E-state index in [0.717, 1.165) is 12.5 Å². The lowest BCUT2D eigenvalue weighted by atomic mass is 10.1. The first-order valence-electron chi connectivity index (χ1n) is 5.39. The van der Waals surface area contributed by atoms with Crippen molar-refractivity contribution in [2.24, 2.45) is 0 Å². The first-order chi connectivity index (χ1) is 6.93. The van der Waals surface area contributed by atoms with Crippen molar-refractivity contribution in [1.29, 1.82) is 0 Å². The normalized spacial score (nSPS) is 18.6. The fourth-order valence-electron chi connectivity index (χ4n) is 1.71. The highest BCUT2D eigenvalue weighted by Crippen LogP contribution is 2.16. The maximum Gasteiger partial charge on any atom is 0.102 e. The van der Waals surface area contributed by atoms with E-state index >= 15 is 0 Å². The van der Waals surface area contributed by atoms with E-state index in [-0.39, 0.29) is 0 Å². The fourth-order valence-corrected chi connectivity index (χ4v) is 2.49. The maximum absolute atomic E-state index is 5.48. The van der Waals surface area contributed by atoms with Crippen molar-refractivity contribution in [3.63, 3.8) is 0 Å². The molecule has 1 rings (SSSR count). The second-order valence-corrected chi connectivity index (χ2v) is 6.08. The Bertz CT molecular complexity index is 129. The van der Waals surface area contributed by atoms with Gasteiger partial charge in [-0.25, -0.2) is 0 Å². The summed E-state index contributed by atoms with van der Waals surface area (Å²) in [5.41, 5.74) is 0. The third-order valence-corrected chi connectivity index (χ3v) is 3.96. The molecular formula is C10H21NOS2. The molecule has 0 saturated carbocycles. The van der Waals surface area contributed by atoms with E-state index < -0.39 is 0 Å². The SMILES string of the molecule is CSSCOCCCN1CCCCC1. The largest absolute Gasteiger partial charge is 0.370 e. The zero-order valence-electron chi connectivity index (χ0n) is 9.04. The Morgan fingerprint density at radius 2 is 2.00 bits per heavy atom. The zero-order chi connectivity index (χ0) is 10.1. The molecule has 0 atom stereocenters. The number of rotatable bonds is 7. The van der Waals surface area contributed by atoms with E-state index in [4.69, 9.17) is 4.74 Å². The number of ether oxygens (including phenoxy) is 1. The van der Waals surface area contributed by atoms with Gasteiger partial charge in [0.25, 0.3) is 0 Å². The summed E-state index contributed by atoms with van der Waals surface area (Å²) in [7, 11) is 3.54. The average molecular weight is 235 g/mol. The van der Waals surface area contributed by atoms with Gasteiger partial charge in [0.15, 0.2) is 0 Å². The van der Waals surface area contributed by atoms with Crippen LogP contribution in [0.3, 0.4) is 0 Å². The number of likely N-dealkylation sites (tertiary alicyclic amines) is 1. The minimum Gasteiger partial charge on any atom is -0.370 e. The van der Waals surface area contributed by atoms with Crippen LogP contribution in [0.4, 0.5) is 0 Å². The van der Waals surface area contributed by atoms with Gasteiger partial charge in [0.1, 0.15) is 5.94 Å². The van der Waals surface area contributed by atoms with Gasteiger partial charge in [0.05, 0.1) is 0 Å². The summed E-state index contributed by atoms with van der Waals surface area (Å²) in [4.78, 5) is 2.56. The van der Waals surface area contributed by atoms with Crippen molar-refractivity contribution in [1.82, 2.24) is 4.90 Å². The van der Waals surface area contributed by atoms with Crippen LogP contribution in [0.5, 0.6) is 0 Å². The molecule has 84 valence electrons. The molecule has 1 fully saturated rings. The third kappa shape index (κ3) is 6.17. The van der Waals surface area contributed by atoms with Gasteiger partial charge in [-0.3, -0.25) is 0 Å². The van der Waals surface area contributed by atoms with Gasteiger partial charge in [-0.15, -0.1) is 0 Å². The van der Waals surface area contributed by atoms with Crippen molar-refractivity contribution in [3.05, 3.63) is 0 Å². The molecule has 0 aromatic rings. The van der Waals surface area contributed by atoms with Crippen molar-refractivity contribution in [2.45, 2.75) is 25.7 Å². The maximum atomic E-state index is 5.48. The first kappa shape index (κ1) is 12.7. The summed E-state index contributed by atoms with van der Waals surface area (Å²) in [6.45, 7) is 4.76. The molecule has 1 aliphatic heterocycles. The van der Waals surface area contributed by atoms with E-state index in [1.807, 2.05) is 0 Å². The molecule has 4 heteroatoms. The van der Waals surface area contributed by atoms with Gasteiger partial charge in [0, 0.05) is 13.2 Å². The minimum absolute atomic E-state index is 0.834. The third-order valence-electron chi connectivity index (χ3n) is 2.46. The number of nitrogens with zero attached hydrogens (tertiary/aromatic N) is 1. The van der Waals surface area contributed by atoms with E-state index in [1.165, 1.54) is 45.3 Å². The first-order valence-corrected chi connectivity index (χ1v) is 8.12. The topological polar surface area (TPSA) is 12.5 Å². The molecule has 0 spiro atoms. The summed E-state index contributed by atoms with van der Waals surface area (Å²) in [5.74, 6) is 0.834. The van der Waals surface area contributed by atoms with Gasteiger partial charge >= 0.3 is 0 Å². The Balaban J connectivity index is 1.82. The van der Waals surface area contributed by atoms with Crippen molar-refractivity contribution >= 4 is 21.6 Å². The van der Waals surface area contributed by atoms with E-state index in [9.17, 15) is 0 Å². The molecule has 0 N–H and O–H groups in total. The molecule has 0 aromatic heterocycles. The Morgan fingerprint density at radius 1 is 1.21 bits per heavy atom. The molecule has 0 radical (unpaired) electrons. The molecule has 1 aliphatic rings. The van der Waals surface area contributed by atoms with Gasteiger partial charge in [-0.2, -0.15) is 0 Å². The van der Waals surface area contributed by atoms with Gasteiger partial charge in [-0.05, 0) is 38.6 Å². The summed E-state index contributed by atoms with van der Waals surface area (Å²) < 4.78 is 5.48. The van der Waals surface area contributed by atoms with Crippen LogP contribution in [0.2, 0.25) is 0 Å². The van der Waals surface area contributed by atoms with Gasteiger partial charge < -0.3 is 9.64 Å². The lowest BCUT2D eigenvalue weighted by Gasteiger charge is -2.26. The minimum atomic E-state index is 0.834.